The van der Waals surface area contributed by atoms with Crippen molar-refractivity contribution in [2.75, 3.05) is 31.6 Å². The van der Waals surface area contributed by atoms with Crippen molar-refractivity contribution in [2.24, 2.45) is 5.73 Å². The molecule has 7 heteroatoms. The summed E-state index contributed by atoms with van der Waals surface area (Å²) < 4.78 is 0. The maximum Gasteiger partial charge on any atom is 0.292 e. The van der Waals surface area contributed by atoms with Crippen LogP contribution in [0.15, 0.2) is 54.6 Å². The van der Waals surface area contributed by atoms with Gasteiger partial charge in [0.2, 0.25) is 5.91 Å². The zero-order chi connectivity index (χ0) is 18.9. The lowest BCUT2D eigenvalue weighted by Gasteiger charge is -2.26. The van der Waals surface area contributed by atoms with Crippen LogP contribution < -0.4 is 10.6 Å². The Morgan fingerprint density at radius 2 is 1.77 bits per heavy atom. The van der Waals surface area contributed by atoms with Gasteiger partial charge < -0.3 is 15.5 Å². The molecular weight excluding hydrogens is 332 g/mol. The van der Waals surface area contributed by atoms with Crippen molar-refractivity contribution in [1.29, 1.82) is 0 Å². The first-order valence-electron chi connectivity index (χ1n) is 8.49. The third-order valence-corrected chi connectivity index (χ3v) is 4.06. The van der Waals surface area contributed by atoms with Crippen molar-refractivity contribution in [3.8, 4) is 0 Å². The largest absolute Gasteiger partial charge is 0.360 e. The van der Waals surface area contributed by atoms with Gasteiger partial charge in [0.25, 0.3) is 5.69 Å². The lowest BCUT2D eigenvalue weighted by atomic mass is 10.2. The molecule has 0 bridgehead atoms. The molecule has 0 heterocycles. The van der Waals surface area contributed by atoms with Gasteiger partial charge in [0.15, 0.2) is 0 Å². The van der Waals surface area contributed by atoms with Crippen LogP contribution in [-0.4, -0.2) is 42.4 Å². The van der Waals surface area contributed by atoms with E-state index in [0.29, 0.717) is 31.7 Å². The fourth-order valence-corrected chi connectivity index (χ4v) is 2.71. The lowest BCUT2D eigenvalue weighted by Crippen LogP contribution is -2.39. The number of hydrogen-bond donors (Lipinski definition) is 1. The zero-order valence-electron chi connectivity index (χ0n) is 14.9. The molecule has 0 atom stereocenters. The molecule has 0 aromatic heterocycles. The van der Waals surface area contributed by atoms with Crippen LogP contribution in [-0.2, 0) is 11.3 Å². The van der Waals surface area contributed by atoms with E-state index in [1.165, 1.54) is 6.07 Å². The molecule has 0 fully saturated rings. The molecule has 2 aromatic rings. The Morgan fingerprint density at radius 1 is 1.12 bits per heavy atom. The van der Waals surface area contributed by atoms with Crippen LogP contribution in [0.3, 0.4) is 0 Å². The summed E-state index contributed by atoms with van der Waals surface area (Å²) in [4.78, 5) is 26.9. The third-order valence-electron chi connectivity index (χ3n) is 4.06. The van der Waals surface area contributed by atoms with Gasteiger partial charge in [0, 0.05) is 26.2 Å². The Labute approximate surface area is 153 Å². The normalized spacial score (nSPS) is 10.4. The summed E-state index contributed by atoms with van der Waals surface area (Å²) in [7, 11) is 1.68. The van der Waals surface area contributed by atoms with E-state index in [0.717, 1.165) is 5.56 Å². The molecule has 0 aliphatic heterocycles. The van der Waals surface area contributed by atoms with E-state index >= 15 is 0 Å². The second kappa shape index (κ2) is 9.53. The van der Waals surface area contributed by atoms with Crippen LogP contribution in [0, 0.1) is 10.1 Å². The molecule has 2 N–H and O–H groups in total. The first-order chi connectivity index (χ1) is 12.5. The predicted octanol–water partition coefficient (Wildman–Crippen LogP) is 2.41. The van der Waals surface area contributed by atoms with Crippen molar-refractivity contribution in [3.63, 3.8) is 0 Å². The van der Waals surface area contributed by atoms with E-state index in [1.807, 2.05) is 30.3 Å². The summed E-state index contributed by atoms with van der Waals surface area (Å²) in [6.45, 7) is 1.60. The molecule has 2 aromatic carbocycles. The van der Waals surface area contributed by atoms with Crippen LogP contribution >= 0.6 is 0 Å². The molecule has 0 radical (unpaired) electrons. The van der Waals surface area contributed by atoms with Crippen LogP contribution in [0.5, 0.6) is 0 Å². The topological polar surface area (TPSA) is 92.7 Å². The minimum absolute atomic E-state index is 0.0145. The number of hydrogen-bond acceptors (Lipinski definition) is 5. The van der Waals surface area contributed by atoms with Crippen molar-refractivity contribution in [1.82, 2.24) is 4.90 Å². The Kier molecular flexibility index (Phi) is 7.11. The fraction of sp³-hybridized carbons (Fsp3) is 0.316. The molecule has 0 unspecified atom stereocenters. The number of anilines is 1. The van der Waals surface area contributed by atoms with E-state index in [-0.39, 0.29) is 18.1 Å². The van der Waals surface area contributed by atoms with E-state index in [9.17, 15) is 14.9 Å². The fourth-order valence-electron chi connectivity index (χ4n) is 2.71. The maximum absolute atomic E-state index is 12.8. The van der Waals surface area contributed by atoms with Gasteiger partial charge in [-0.1, -0.05) is 42.5 Å². The number of benzene rings is 2. The molecule has 0 aliphatic carbocycles. The summed E-state index contributed by atoms with van der Waals surface area (Å²) in [5, 5.41) is 11.2. The number of para-hydroxylation sites is 2. The molecule has 7 nitrogen and oxygen atoms in total. The summed E-state index contributed by atoms with van der Waals surface area (Å²) >= 11 is 0. The molecule has 1 amide bonds. The molecule has 0 saturated heterocycles. The van der Waals surface area contributed by atoms with Gasteiger partial charge >= 0.3 is 0 Å². The zero-order valence-corrected chi connectivity index (χ0v) is 14.9. The standard InChI is InChI=1S/C19H24N4O3/c1-21(17-10-5-6-11-18(17)23(25)26)15-19(24)22(13-7-12-20)14-16-8-3-2-4-9-16/h2-6,8-11H,7,12-15,20H2,1H3. The van der Waals surface area contributed by atoms with Gasteiger partial charge in [-0.25, -0.2) is 0 Å². The van der Waals surface area contributed by atoms with Crippen molar-refractivity contribution >= 4 is 17.3 Å². The molecule has 26 heavy (non-hydrogen) atoms. The quantitative estimate of drug-likeness (QED) is 0.550. The summed E-state index contributed by atoms with van der Waals surface area (Å²) in [5.41, 5.74) is 7.03. The molecule has 138 valence electrons. The highest BCUT2D eigenvalue weighted by molar-refractivity contribution is 5.82. The highest BCUT2D eigenvalue weighted by Crippen LogP contribution is 2.26. The van der Waals surface area contributed by atoms with Gasteiger partial charge in [-0.05, 0) is 24.6 Å². The number of carbonyl (C=O) groups is 1. The van der Waals surface area contributed by atoms with Gasteiger partial charge in [0.1, 0.15) is 5.69 Å². The molecule has 0 aliphatic rings. The number of nitrogens with zero attached hydrogens (tertiary/aromatic N) is 3. The van der Waals surface area contributed by atoms with Crippen molar-refractivity contribution < 1.29 is 9.72 Å². The second-order valence-electron chi connectivity index (χ2n) is 6.05. The van der Waals surface area contributed by atoms with Gasteiger partial charge in [-0.3, -0.25) is 14.9 Å². The summed E-state index contributed by atoms with van der Waals surface area (Å²) in [6.07, 6.45) is 0.702. The molecule has 0 spiro atoms. The number of nitrogens with two attached hydrogens (primary N) is 1. The van der Waals surface area contributed by atoms with Crippen molar-refractivity contribution in [2.45, 2.75) is 13.0 Å². The summed E-state index contributed by atoms with van der Waals surface area (Å²) in [6, 6.07) is 16.1. The predicted molar refractivity (Wildman–Crippen MR) is 102 cm³/mol. The van der Waals surface area contributed by atoms with E-state index < -0.39 is 4.92 Å². The summed E-state index contributed by atoms with van der Waals surface area (Å²) in [5.74, 6) is -0.0945. The van der Waals surface area contributed by atoms with Crippen LogP contribution in [0.4, 0.5) is 11.4 Å². The van der Waals surface area contributed by atoms with Crippen molar-refractivity contribution in [3.05, 3.63) is 70.3 Å². The SMILES string of the molecule is CN(CC(=O)N(CCCN)Cc1ccccc1)c1ccccc1[N+](=O)[O-]. The number of rotatable bonds is 9. The maximum atomic E-state index is 12.8. The Hall–Kier alpha value is -2.93. The second-order valence-corrected chi connectivity index (χ2v) is 6.05. The number of amides is 1. The number of nitro groups is 1. The Morgan fingerprint density at radius 3 is 2.42 bits per heavy atom. The first-order valence-corrected chi connectivity index (χ1v) is 8.49. The Balaban J connectivity index is 2.11. The number of nitro benzene ring substituents is 1. The molecular formula is C19H24N4O3. The molecule has 0 saturated carbocycles. The molecule has 2 rings (SSSR count). The van der Waals surface area contributed by atoms with Crippen LogP contribution in [0.25, 0.3) is 0 Å². The number of likely N-dealkylation sites (N-methyl/N-ethyl adjacent to an activating group) is 1. The van der Waals surface area contributed by atoms with Gasteiger partial charge in [-0.2, -0.15) is 0 Å². The van der Waals surface area contributed by atoms with E-state index in [4.69, 9.17) is 5.73 Å². The van der Waals surface area contributed by atoms with E-state index in [1.54, 1.807) is 35.0 Å². The van der Waals surface area contributed by atoms with Gasteiger partial charge in [0.05, 0.1) is 11.5 Å². The number of carbonyl (C=O) groups excluding carboxylic acids is 1. The highest BCUT2D eigenvalue weighted by Gasteiger charge is 2.20. The average Bonchev–Trinajstić information content (AvgIpc) is 2.65. The minimum atomic E-state index is -0.438. The lowest BCUT2D eigenvalue weighted by molar-refractivity contribution is -0.384. The first kappa shape index (κ1) is 19.4. The Bertz CT molecular complexity index is 737. The smallest absolute Gasteiger partial charge is 0.292 e. The average molecular weight is 356 g/mol. The monoisotopic (exact) mass is 356 g/mol. The van der Waals surface area contributed by atoms with Crippen LogP contribution in [0.1, 0.15) is 12.0 Å². The van der Waals surface area contributed by atoms with Gasteiger partial charge in [-0.15, -0.1) is 0 Å². The highest BCUT2D eigenvalue weighted by atomic mass is 16.6. The van der Waals surface area contributed by atoms with E-state index in [2.05, 4.69) is 0 Å². The van der Waals surface area contributed by atoms with Crippen LogP contribution in [0.2, 0.25) is 0 Å². The third kappa shape index (κ3) is 5.29. The minimum Gasteiger partial charge on any atom is -0.360 e.